The average molecular weight is 179 g/mol. The second-order valence-corrected chi connectivity index (χ2v) is 3.92. The molecule has 1 rings (SSSR count). The number of nitrogens with zero attached hydrogens (tertiary/aromatic N) is 1. The molecule has 2 atom stereocenters. The molecule has 0 radical (unpaired) electrons. The number of alkyl halides is 2. The summed E-state index contributed by atoms with van der Waals surface area (Å²) >= 11 is 0. The fourth-order valence-electron chi connectivity index (χ4n) is 1.71. The average Bonchev–Trinajstić information content (AvgIpc) is 2.03. The van der Waals surface area contributed by atoms with Gasteiger partial charge >= 0.3 is 0 Å². The highest BCUT2D eigenvalue weighted by molar-refractivity contribution is 5.01. The predicted molar refractivity (Wildman–Crippen MR) is 42.3 cm³/mol. The van der Waals surface area contributed by atoms with E-state index in [-0.39, 0.29) is 13.0 Å². The minimum absolute atomic E-state index is 0.256. The minimum atomic E-state index is -2.65. The van der Waals surface area contributed by atoms with Gasteiger partial charge < -0.3 is 5.11 Å². The molecule has 0 bridgehead atoms. The summed E-state index contributed by atoms with van der Waals surface area (Å²) in [6.45, 7) is 2.96. The number of halogens is 2. The van der Waals surface area contributed by atoms with Crippen LogP contribution in [-0.2, 0) is 0 Å². The molecule has 1 aliphatic rings. The van der Waals surface area contributed by atoms with E-state index in [9.17, 15) is 13.9 Å². The lowest BCUT2D eigenvalue weighted by molar-refractivity contribution is 0.00271. The molecule has 0 aromatic carbocycles. The normalized spacial score (nSPS) is 38.5. The Hall–Kier alpha value is -0.220. The first-order valence-electron chi connectivity index (χ1n) is 4.05. The van der Waals surface area contributed by atoms with Gasteiger partial charge in [-0.3, -0.25) is 4.90 Å². The van der Waals surface area contributed by atoms with Crippen LogP contribution < -0.4 is 0 Å². The van der Waals surface area contributed by atoms with E-state index in [4.69, 9.17) is 0 Å². The Bertz CT molecular complexity index is 184. The summed E-state index contributed by atoms with van der Waals surface area (Å²) < 4.78 is 25.8. The van der Waals surface area contributed by atoms with Crippen molar-refractivity contribution in [2.24, 2.45) is 0 Å². The van der Waals surface area contributed by atoms with Crippen LogP contribution in [0.4, 0.5) is 8.78 Å². The van der Waals surface area contributed by atoms with Crippen molar-refractivity contribution in [3.63, 3.8) is 0 Å². The maximum atomic E-state index is 12.9. The summed E-state index contributed by atoms with van der Waals surface area (Å²) in [5.74, 6) is -2.65. The molecule has 0 saturated carbocycles. The largest absolute Gasteiger partial charge is 0.391 e. The SMILES string of the molecule is CC(O)C1(C)CC(F)(F)CN1C. The Labute approximate surface area is 71.2 Å². The number of aliphatic hydroxyl groups excluding tert-OH is 1. The second-order valence-electron chi connectivity index (χ2n) is 3.92. The number of likely N-dealkylation sites (tertiary alicyclic amines) is 1. The Kier molecular flexibility index (Phi) is 2.17. The highest BCUT2D eigenvalue weighted by atomic mass is 19.3. The lowest BCUT2D eigenvalue weighted by atomic mass is 9.92. The fourth-order valence-corrected chi connectivity index (χ4v) is 1.71. The molecule has 0 aliphatic carbocycles. The van der Waals surface area contributed by atoms with Gasteiger partial charge in [-0.2, -0.15) is 0 Å². The van der Waals surface area contributed by atoms with Gasteiger partial charge in [0, 0.05) is 12.0 Å². The van der Waals surface area contributed by atoms with E-state index in [2.05, 4.69) is 0 Å². The number of hydrogen-bond donors (Lipinski definition) is 1. The third-order valence-electron chi connectivity index (χ3n) is 2.86. The molecule has 72 valence electrons. The molecule has 12 heavy (non-hydrogen) atoms. The van der Waals surface area contributed by atoms with Gasteiger partial charge in [0.1, 0.15) is 0 Å². The first kappa shape index (κ1) is 9.86. The molecule has 1 aliphatic heterocycles. The van der Waals surface area contributed by atoms with Crippen molar-refractivity contribution >= 4 is 0 Å². The molecule has 0 aromatic rings. The number of rotatable bonds is 1. The molecule has 1 saturated heterocycles. The van der Waals surface area contributed by atoms with Gasteiger partial charge in [-0.25, -0.2) is 8.78 Å². The smallest absolute Gasteiger partial charge is 0.262 e. The van der Waals surface area contributed by atoms with E-state index in [1.807, 2.05) is 0 Å². The Morgan fingerprint density at radius 1 is 1.50 bits per heavy atom. The van der Waals surface area contributed by atoms with Crippen molar-refractivity contribution < 1.29 is 13.9 Å². The van der Waals surface area contributed by atoms with Crippen molar-refractivity contribution in [3.8, 4) is 0 Å². The maximum absolute atomic E-state index is 12.9. The Balaban J connectivity index is 2.81. The highest BCUT2D eigenvalue weighted by Gasteiger charge is 2.52. The summed E-state index contributed by atoms with van der Waals surface area (Å²) in [5, 5.41) is 9.34. The van der Waals surface area contributed by atoms with E-state index in [0.717, 1.165) is 0 Å². The molecule has 0 amide bonds. The third-order valence-corrected chi connectivity index (χ3v) is 2.86. The van der Waals surface area contributed by atoms with Crippen LogP contribution in [0.1, 0.15) is 20.3 Å². The molecule has 1 heterocycles. The van der Waals surface area contributed by atoms with Crippen LogP contribution in [-0.4, -0.2) is 41.2 Å². The predicted octanol–water partition coefficient (Wildman–Crippen LogP) is 1.10. The molecular weight excluding hydrogens is 164 g/mol. The van der Waals surface area contributed by atoms with Gasteiger partial charge in [0.15, 0.2) is 0 Å². The zero-order chi connectivity index (χ0) is 9.57. The van der Waals surface area contributed by atoms with E-state index < -0.39 is 17.6 Å². The Morgan fingerprint density at radius 2 is 2.00 bits per heavy atom. The molecule has 2 unspecified atom stereocenters. The highest BCUT2D eigenvalue weighted by Crippen LogP contribution is 2.39. The monoisotopic (exact) mass is 179 g/mol. The Morgan fingerprint density at radius 3 is 2.17 bits per heavy atom. The molecule has 4 heteroatoms. The third kappa shape index (κ3) is 1.45. The summed E-state index contributed by atoms with van der Waals surface area (Å²) in [7, 11) is 1.62. The summed E-state index contributed by atoms with van der Waals surface area (Å²) in [5.41, 5.74) is -0.774. The van der Waals surface area contributed by atoms with Crippen molar-refractivity contribution in [2.45, 2.75) is 37.8 Å². The first-order chi connectivity index (χ1) is 5.28. The number of likely N-dealkylation sites (N-methyl/N-ethyl adjacent to an activating group) is 1. The standard InChI is InChI=1S/C8H15F2NO/c1-6(12)7(2)4-8(9,10)5-11(7)3/h6,12H,4-5H2,1-3H3. The molecular formula is C8H15F2NO. The molecule has 0 aromatic heterocycles. The minimum Gasteiger partial charge on any atom is -0.391 e. The van der Waals surface area contributed by atoms with E-state index in [0.29, 0.717) is 0 Å². The number of hydrogen-bond acceptors (Lipinski definition) is 2. The van der Waals surface area contributed by atoms with Gasteiger partial charge in [-0.1, -0.05) is 0 Å². The zero-order valence-corrected chi connectivity index (χ0v) is 7.64. The van der Waals surface area contributed by atoms with Crippen LogP contribution in [0, 0.1) is 0 Å². The van der Waals surface area contributed by atoms with Crippen LogP contribution >= 0.6 is 0 Å². The van der Waals surface area contributed by atoms with Crippen LogP contribution in [0.5, 0.6) is 0 Å². The zero-order valence-electron chi connectivity index (χ0n) is 7.64. The van der Waals surface area contributed by atoms with E-state index in [1.165, 1.54) is 4.90 Å². The summed E-state index contributed by atoms with van der Waals surface area (Å²) in [6, 6.07) is 0. The van der Waals surface area contributed by atoms with Gasteiger partial charge in [-0.05, 0) is 20.9 Å². The van der Waals surface area contributed by atoms with Gasteiger partial charge in [0.2, 0.25) is 0 Å². The van der Waals surface area contributed by atoms with E-state index in [1.54, 1.807) is 20.9 Å². The molecule has 1 N–H and O–H groups in total. The lowest BCUT2D eigenvalue weighted by Gasteiger charge is -2.34. The van der Waals surface area contributed by atoms with Gasteiger partial charge in [-0.15, -0.1) is 0 Å². The van der Waals surface area contributed by atoms with Crippen molar-refractivity contribution in [2.75, 3.05) is 13.6 Å². The first-order valence-corrected chi connectivity index (χ1v) is 4.05. The molecule has 1 fully saturated rings. The van der Waals surface area contributed by atoms with Crippen molar-refractivity contribution in [1.82, 2.24) is 4.90 Å². The van der Waals surface area contributed by atoms with Crippen LogP contribution in [0.2, 0.25) is 0 Å². The summed E-state index contributed by atoms with van der Waals surface area (Å²) in [6.07, 6.45) is -0.982. The van der Waals surface area contributed by atoms with E-state index >= 15 is 0 Å². The molecule has 2 nitrogen and oxygen atoms in total. The topological polar surface area (TPSA) is 23.5 Å². The van der Waals surface area contributed by atoms with Crippen molar-refractivity contribution in [1.29, 1.82) is 0 Å². The quantitative estimate of drug-likeness (QED) is 0.651. The molecule has 0 spiro atoms. The lowest BCUT2D eigenvalue weighted by Crippen LogP contribution is -2.47. The van der Waals surface area contributed by atoms with Crippen molar-refractivity contribution in [3.05, 3.63) is 0 Å². The number of aliphatic hydroxyl groups is 1. The van der Waals surface area contributed by atoms with Crippen LogP contribution in [0.25, 0.3) is 0 Å². The fraction of sp³-hybridized carbons (Fsp3) is 1.00. The maximum Gasteiger partial charge on any atom is 0.262 e. The van der Waals surface area contributed by atoms with Gasteiger partial charge in [0.05, 0.1) is 12.6 Å². The van der Waals surface area contributed by atoms with Crippen LogP contribution in [0.15, 0.2) is 0 Å². The summed E-state index contributed by atoms with van der Waals surface area (Å²) in [4.78, 5) is 1.53. The van der Waals surface area contributed by atoms with Crippen LogP contribution in [0.3, 0.4) is 0 Å². The van der Waals surface area contributed by atoms with Gasteiger partial charge in [0.25, 0.3) is 5.92 Å². The second kappa shape index (κ2) is 2.64.